The molecule has 1 aliphatic heterocycles. The number of hydrogen-bond acceptors (Lipinski definition) is 4. The summed E-state index contributed by atoms with van der Waals surface area (Å²) in [5, 5.41) is 0. The van der Waals surface area contributed by atoms with Crippen molar-refractivity contribution in [1.82, 2.24) is 4.31 Å². The van der Waals surface area contributed by atoms with Gasteiger partial charge in [0.05, 0.1) is 12.0 Å². The summed E-state index contributed by atoms with van der Waals surface area (Å²) in [5.74, 6) is 0.697. The van der Waals surface area contributed by atoms with E-state index in [2.05, 4.69) is 30.0 Å². The Bertz CT molecular complexity index is 857. The Morgan fingerprint density at radius 1 is 0.960 bits per heavy atom. The van der Waals surface area contributed by atoms with Crippen molar-refractivity contribution in [2.24, 2.45) is 0 Å². The predicted octanol–water partition coefficient (Wildman–Crippen LogP) is 2.82. The number of piperazine rings is 1. The highest BCUT2D eigenvalue weighted by molar-refractivity contribution is 7.89. The van der Waals surface area contributed by atoms with Crippen molar-refractivity contribution in [2.75, 3.05) is 38.2 Å². The maximum atomic E-state index is 12.9. The van der Waals surface area contributed by atoms with Gasteiger partial charge in [-0.2, -0.15) is 4.31 Å². The molecule has 134 valence electrons. The van der Waals surface area contributed by atoms with E-state index in [1.807, 2.05) is 13.0 Å². The van der Waals surface area contributed by atoms with Gasteiger partial charge >= 0.3 is 0 Å². The average molecular weight is 360 g/mol. The highest BCUT2D eigenvalue weighted by Gasteiger charge is 2.29. The van der Waals surface area contributed by atoms with Gasteiger partial charge in [-0.1, -0.05) is 12.1 Å². The Morgan fingerprint density at radius 2 is 1.68 bits per heavy atom. The summed E-state index contributed by atoms with van der Waals surface area (Å²) in [4.78, 5) is 2.56. The molecule has 5 nitrogen and oxygen atoms in total. The third-order valence-corrected chi connectivity index (χ3v) is 6.50. The van der Waals surface area contributed by atoms with Gasteiger partial charge in [0.1, 0.15) is 5.75 Å². The standard InChI is InChI=1S/C19H24N2O3S/c1-15-5-4-6-17(13-15)20-9-11-21(12-10-20)25(22,23)18-7-8-19(24-3)16(2)14-18/h4-8,13-14H,9-12H2,1-3H3. The van der Waals surface area contributed by atoms with Crippen LogP contribution in [0.3, 0.4) is 0 Å². The zero-order chi connectivity index (χ0) is 18.0. The summed E-state index contributed by atoms with van der Waals surface area (Å²) in [5.41, 5.74) is 3.18. The van der Waals surface area contributed by atoms with Crippen molar-refractivity contribution in [2.45, 2.75) is 18.7 Å². The predicted molar refractivity (Wildman–Crippen MR) is 99.9 cm³/mol. The zero-order valence-corrected chi connectivity index (χ0v) is 15.7. The first kappa shape index (κ1) is 17.8. The summed E-state index contributed by atoms with van der Waals surface area (Å²) >= 11 is 0. The fourth-order valence-electron chi connectivity index (χ4n) is 3.17. The molecule has 0 amide bonds. The number of ether oxygens (including phenoxy) is 1. The molecule has 0 spiro atoms. The second-order valence-corrected chi connectivity index (χ2v) is 8.30. The van der Waals surface area contributed by atoms with Crippen LogP contribution in [0.4, 0.5) is 5.69 Å². The molecule has 1 aliphatic rings. The van der Waals surface area contributed by atoms with E-state index >= 15 is 0 Å². The van der Waals surface area contributed by atoms with E-state index in [-0.39, 0.29) is 0 Å². The molecule has 0 bridgehead atoms. The largest absolute Gasteiger partial charge is 0.496 e. The van der Waals surface area contributed by atoms with Gasteiger partial charge in [0.2, 0.25) is 10.0 Å². The molecule has 0 saturated carbocycles. The van der Waals surface area contributed by atoms with Crippen LogP contribution in [0.5, 0.6) is 5.75 Å². The topological polar surface area (TPSA) is 49.9 Å². The molecule has 25 heavy (non-hydrogen) atoms. The quantitative estimate of drug-likeness (QED) is 0.841. The maximum Gasteiger partial charge on any atom is 0.243 e. The highest BCUT2D eigenvalue weighted by Crippen LogP contribution is 2.25. The van der Waals surface area contributed by atoms with Crippen molar-refractivity contribution in [3.05, 3.63) is 53.6 Å². The van der Waals surface area contributed by atoms with Crippen LogP contribution < -0.4 is 9.64 Å². The molecule has 1 saturated heterocycles. The van der Waals surface area contributed by atoms with Gasteiger partial charge in [-0.15, -0.1) is 0 Å². The summed E-state index contributed by atoms with van der Waals surface area (Å²) in [6.07, 6.45) is 0. The highest BCUT2D eigenvalue weighted by atomic mass is 32.2. The average Bonchev–Trinajstić information content (AvgIpc) is 2.61. The lowest BCUT2D eigenvalue weighted by atomic mass is 10.2. The van der Waals surface area contributed by atoms with Crippen LogP contribution in [0.2, 0.25) is 0 Å². The molecule has 0 aliphatic carbocycles. The number of rotatable bonds is 4. The number of aryl methyl sites for hydroxylation is 2. The Hall–Kier alpha value is -2.05. The van der Waals surface area contributed by atoms with Crippen molar-refractivity contribution in [1.29, 1.82) is 0 Å². The van der Waals surface area contributed by atoms with E-state index in [9.17, 15) is 8.42 Å². The van der Waals surface area contributed by atoms with E-state index in [1.54, 1.807) is 29.6 Å². The zero-order valence-electron chi connectivity index (χ0n) is 14.9. The van der Waals surface area contributed by atoms with Crippen molar-refractivity contribution < 1.29 is 13.2 Å². The molecule has 6 heteroatoms. The van der Waals surface area contributed by atoms with Gasteiger partial charge in [0.15, 0.2) is 0 Å². The lowest BCUT2D eigenvalue weighted by Gasteiger charge is -2.35. The Balaban J connectivity index is 1.74. The first-order chi connectivity index (χ1) is 11.9. The SMILES string of the molecule is COc1ccc(S(=O)(=O)N2CCN(c3cccc(C)c3)CC2)cc1C. The maximum absolute atomic E-state index is 12.9. The van der Waals surface area contributed by atoms with Crippen LogP contribution in [0.15, 0.2) is 47.4 Å². The Labute approximate surface area is 149 Å². The minimum atomic E-state index is -3.47. The normalized spacial score (nSPS) is 16.0. The molecule has 1 heterocycles. The van der Waals surface area contributed by atoms with Crippen molar-refractivity contribution >= 4 is 15.7 Å². The molecule has 2 aromatic rings. The van der Waals surface area contributed by atoms with Gasteiger partial charge in [0, 0.05) is 31.9 Å². The first-order valence-corrected chi connectivity index (χ1v) is 9.82. The number of methoxy groups -OCH3 is 1. The molecule has 3 rings (SSSR count). The minimum absolute atomic E-state index is 0.329. The lowest BCUT2D eigenvalue weighted by molar-refractivity contribution is 0.384. The Morgan fingerprint density at radius 3 is 2.28 bits per heavy atom. The van der Waals surface area contributed by atoms with Gasteiger partial charge in [0.25, 0.3) is 0 Å². The number of nitrogens with zero attached hydrogens (tertiary/aromatic N) is 2. The van der Waals surface area contributed by atoms with E-state index in [1.165, 1.54) is 5.56 Å². The van der Waals surface area contributed by atoms with E-state index in [0.717, 1.165) is 11.3 Å². The molecular formula is C19H24N2O3S. The van der Waals surface area contributed by atoms with Crippen LogP contribution in [0.25, 0.3) is 0 Å². The molecular weight excluding hydrogens is 336 g/mol. The summed E-state index contributed by atoms with van der Waals surface area (Å²) in [7, 11) is -1.89. The molecule has 1 fully saturated rings. The number of benzene rings is 2. The molecule has 2 aromatic carbocycles. The second-order valence-electron chi connectivity index (χ2n) is 6.36. The Kier molecular flexibility index (Phi) is 5.01. The molecule has 0 N–H and O–H groups in total. The van der Waals surface area contributed by atoms with Crippen LogP contribution >= 0.6 is 0 Å². The van der Waals surface area contributed by atoms with Crippen LogP contribution in [-0.2, 0) is 10.0 Å². The molecule has 0 radical (unpaired) electrons. The van der Waals surface area contributed by atoms with Gasteiger partial charge < -0.3 is 9.64 Å². The summed E-state index contributed by atoms with van der Waals surface area (Å²) < 4.78 is 32.6. The second kappa shape index (κ2) is 7.06. The minimum Gasteiger partial charge on any atom is -0.496 e. The van der Waals surface area contributed by atoms with Crippen LogP contribution in [0, 0.1) is 13.8 Å². The number of anilines is 1. The number of hydrogen-bond donors (Lipinski definition) is 0. The van der Waals surface area contributed by atoms with Crippen LogP contribution in [0.1, 0.15) is 11.1 Å². The fraction of sp³-hybridized carbons (Fsp3) is 0.368. The summed E-state index contributed by atoms with van der Waals surface area (Å²) in [6, 6.07) is 13.3. The third-order valence-electron chi connectivity index (χ3n) is 4.61. The smallest absolute Gasteiger partial charge is 0.243 e. The monoisotopic (exact) mass is 360 g/mol. The molecule has 0 atom stereocenters. The van der Waals surface area contributed by atoms with E-state index < -0.39 is 10.0 Å². The first-order valence-electron chi connectivity index (χ1n) is 8.38. The fourth-order valence-corrected chi connectivity index (χ4v) is 4.68. The third kappa shape index (κ3) is 3.65. The van der Waals surface area contributed by atoms with Crippen molar-refractivity contribution in [3.8, 4) is 5.75 Å². The van der Waals surface area contributed by atoms with Gasteiger partial charge in [-0.05, 0) is 55.3 Å². The number of sulfonamides is 1. The van der Waals surface area contributed by atoms with Gasteiger partial charge in [-0.3, -0.25) is 0 Å². The molecule has 0 unspecified atom stereocenters. The lowest BCUT2D eigenvalue weighted by Crippen LogP contribution is -2.48. The van der Waals surface area contributed by atoms with Crippen molar-refractivity contribution in [3.63, 3.8) is 0 Å². The van der Waals surface area contributed by atoms with Gasteiger partial charge in [-0.25, -0.2) is 8.42 Å². The van der Waals surface area contributed by atoms with E-state index in [0.29, 0.717) is 36.8 Å². The van der Waals surface area contributed by atoms with Crippen LogP contribution in [-0.4, -0.2) is 46.0 Å². The molecule has 0 aromatic heterocycles. The summed E-state index contributed by atoms with van der Waals surface area (Å²) in [6.45, 7) is 6.28. The van der Waals surface area contributed by atoms with E-state index in [4.69, 9.17) is 4.74 Å².